The van der Waals surface area contributed by atoms with Gasteiger partial charge >= 0.3 is 0 Å². The van der Waals surface area contributed by atoms with Gasteiger partial charge in [-0.1, -0.05) is 0 Å². The zero-order valence-electron chi connectivity index (χ0n) is 13.6. The van der Waals surface area contributed by atoms with E-state index in [0.29, 0.717) is 19.6 Å². The van der Waals surface area contributed by atoms with Crippen LogP contribution < -0.4 is 0 Å². The van der Waals surface area contributed by atoms with Crippen molar-refractivity contribution in [3.63, 3.8) is 0 Å². The molecule has 6 nitrogen and oxygen atoms in total. The minimum absolute atomic E-state index is 0.355. The summed E-state index contributed by atoms with van der Waals surface area (Å²) < 4.78 is 7.12. The first-order valence-corrected chi connectivity index (χ1v) is 8.93. The highest BCUT2D eigenvalue weighted by Gasteiger charge is 2.35. The topological polar surface area (TPSA) is 73.1 Å². The molecule has 0 spiro atoms. The van der Waals surface area contributed by atoms with Crippen LogP contribution in [0.4, 0.5) is 0 Å². The molecule has 0 amide bonds. The Morgan fingerprint density at radius 1 is 1.28 bits per heavy atom. The van der Waals surface area contributed by atoms with E-state index in [-0.39, 0.29) is 0 Å². The molecule has 0 saturated carbocycles. The first-order valence-electron chi connectivity index (χ1n) is 8.12. The number of aryl methyl sites for hydroxylation is 1. The van der Waals surface area contributed by atoms with Crippen LogP contribution in [0.1, 0.15) is 11.3 Å². The maximum atomic E-state index is 10.7. The van der Waals surface area contributed by atoms with E-state index in [9.17, 15) is 5.11 Å². The lowest BCUT2D eigenvalue weighted by Crippen LogP contribution is -2.23. The molecule has 1 aliphatic rings. The van der Waals surface area contributed by atoms with Gasteiger partial charge in [0.1, 0.15) is 10.4 Å². The van der Waals surface area contributed by atoms with Gasteiger partial charge in [-0.25, -0.2) is 9.97 Å². The molecule has 0 bridgehead atoms. The molecule has 1 aliphatic heterocycles. The zero-order chi connectivity index (χ0) is 17.0. The summed E-state index contributed by atoms with van der Waals surface area (Å²) in [4.78, 5) is 11.0. The summed E-state index contributed by atoms with van der Waals surface area (Å²) in [5.74, 6) is 0. The number of hydrogen-bond donors (Lipinski definition) is 1. The Kier molecular flexibility index (Phi) is 3.18. The second kappa shape index (κ2) is 5.32. The van der Waals surface area contributed by atoms with E-state index >= 15 is 0 Å². The fourth-order valence-electron chi connectivity index (χ4n) is 3.23. The maximum absolute atomic E-state index is 10.7. The highest BCUT2D eigenvalue weighted by atomic mass is 32.1. The quantitative estimate of drug-likeness (QED) is 0.600. The van der Waals surface area contributed by atoms with Gasteiger partial charge in [-0.05, 0) is 24.3 Å². The van der Waals surface area contributed by atoms with Crippen LogP contribution in [0.25, 0.3) is 32.5 Å². The highest BCUT2D eigenvalue weighted by molar-refractivity contribution is 7.18. The second-order valence-corrected chi connectivity index (χ2v) is 7.51. The predicted octanol–water partition coefficient (Wildman–Crippen LogP) is 2.85. The van der Waals surface area contributed by atoms with Crippen LogP contribution >= 0.6 is 11.3 Å². The third-order valence-electron chi connectivity index (χ3n) is 4.61. The minimum atomic E-state index is -0.873. The van der Waals surface area contributed by atoms with Gasteiger partial charge in [0.15, 0.2) is 5.65 Å². The first kappa shape index (κ1) is 14.9. The summed E-state index contributed by atoms with van der Waals surface area (Å²) in [5, 5.41) is 17.0. The van der Waals surface area contributed by atoms with Crippen molar-refractivity contribution in [1.29, 1.82) is 0 Å². The Balaban J connectivity index is 1.59. The smallest absolute Gasteiger partial charge is 0.181 e. The van der Waals surface area contributed by atoms with Crippen molar-refractivity contribution in [2.45, 2.75) is 12.0 Å². The first-order chi connectivity index (χ1) is 12.1. The molecule has 1 N–H and O–H groups in total. The van der Waals surface area contributed by atoms with E-state index in [2.05, 4.69) is 16.1 Å². The van der Waals surface area contributed by atoms with Gasteiger partial charge in [-0.3, -0.25) is 4.68 Å². The molecule has 5 heterocycles. The number of rotatable bonds is 2. The normalized spacial score (nSPS) is 20.7. The number of thiophene rings is 1. The molecule has 1 saturated heterocycles. The van der Waals surface area contributed by atoms with Crippen molar-refractivity contribution in [2.75, 3.05) is 13.2 Å². The number of fused-ring (bicyclic) bond motifs is 2. The standard InChI is InChI=1S/C18H16N4O2S/c1-22-9-13-6-12(8-19-16(13)21-22)14-3-2-11-7-15(25-17(11)20-14)18(23)4-5-24-10-18/h2-3,6-9,23H,4-5,10H2,1H3/t18-/m0/s1. The summed E-state index contributed by atoms with van der Waals surface area (Å²) in [5.41, 5.74) is 1.69. The van der Waals surface area contributed by atoms with E-state index in [0.717, 1.165) is 37.4 Å². The van der Waals surface area contributed by atoms with Crippen LogP contribution in [-0.2, 0) is 17.4 Å². The lowest BCUT2D eigenvalue weighted by molar-refractivity contribution is 0.0264. The van der Waals surface area contributed by atoms with Crippen molar-refractivity contribution >= 4 is 32.6 Å². The molecule has 5 rings (SSSR count). The molecule has 0 aliphatic carbocycles. The third kappa shape index (κ3) is 2.43. The Morgan fingerprint density at radius 3 is 3.04 bits per heavy atom. The Morgan fingerprint density at radius 2 is 2.20 bits per heavy atom. The molecule has 0 unspecified atom stereocenters. The summed E-state index contributed by atoms with van der Waals surface area (Å²) >= 11 is 1.53. The molecular formula is C18H16N4O2S. The van der Waals surface area contributed by atoms with Crippen molar-refractivity contribution < 1.29 is 9.84 Å². The van der Waals surface area contributed by atoms with Crippen molar-refractivity contribution in [1.82, 2.24) is 19.7 Å². The van der Waals surface area contributed by atoms with Crippen LogP contribution in [0, 0.1) is 0 Å². The predicted molar refractivity (Wildman–Crippen MR) is 96.5 cm³/mol. The van der Waals surface area contributed by atoms with Crippen molar-refractivity contribution in [2.24, 2.45) is 7.05 Å². The van der Waals surface area contributed by atoms with E-state index in [1.807, 2.05) is 31.4 Å². The summed E-state index contributed by atoms with van der Waals surface area (Å²) in [6.07, 6.45) is 4.38. The molecular weight excluding hydrogens is 336 g/mol. The van der Waals surface area contributed by atoms with Crippen LogP contribution in [0.5, 0.6) is 0 Å². The average molecular weight is 352 g/mol. The molecule has 4 aromatic heterocycles. The molecule has 126 valence electrons. The molecule has 0 aromatic carbocycles. The Bertz CT molecular complexity index is 1100. The van der Waals surface area contributed by atoms with Crippen molar-refractivity contribution in [3.05, 3.63) is 41.5 Å². The number of aliphatic hydroxyl groups is 1. The van der Waals surface area contributed by atoms with E-state index in [4.69, 9.17) is 9.72 Å². The van der Waals surface area contributed by atoms with Gasteiger partial charge in [-0.15, -0.1) is 11.3 Å². The van der Waals surface area contributed by atoms with Crippen molar-refractivity contribution in [3.8, 4) is 11.3 Å². The lowest BCUT2D eigenvalue weighted by Gasteiger charge is -2.17. The fourth-order valence-corrected chi connectivity index (χ4v) is 4.36. The molecule has 1 atom stereocenters. The molecule has 4 aromatic rings. The van der Waals surface area contributed by atoms with Crippen LogP contribution in [0.15, 0.2) is 36.7 Å². The van der Waals surface area contributed by atoms with Gasteiger partial charge in [0.25, 0.3) is 0 Å². The third-order valence-corrected chi connectivity index (χ3v) is 5.85. The fraction of sp³-hybridized carbons (Fsp3) is 0.278. The van der Waals surface area contributed by atoms with Gasteiger partial charge < -0.3 is 9.84 Å². The molecule has 25 heavy (non-hydrogen) atoms. The minimum Gasteiger partial charge on any atom is -0.382 e. The zero-order valence-corrected chi connectivity index (χ0v) is 14.5. The lowest BCUT2D eigenvalue weighted by atomic mass is 10.0. The van der Waals surface area contributed by atoms with E-state index in [1.165, 1.54) is 11.3 Å². The molecule has 0 radical (unpaired) electrons. The van der Waals surface area contributed by atoms with Gasteiger partial charge in [0.2, 0.25) is 0 Å². The molecule has 7 heteroatoms. The van der Waals surface area contributed by atoms with Gasteiger partial charge in [0.05, 0.1) is 12.3 Å². The Hall–Kier alpha value is -2.35. The number of nitrogens with zero attached hydrogens (tertiary/aromatic N) is 4. The number of ether oxygens (including phenoxy) is 1. The maximum Gasteiger partial charge on any atom is 0.181 e. The SMILES string of the molecule is Cn1cc2cc(-c3ccc4cc([C@]5(O)CCOC5)sc4n3)cnc2n1. The second-order valence-electron chi connectivity index (χ2n) is 6.48. The van der Waals surface area contributed by atoms with Gasteiger partial charge in [-0.2, -0.15) is 5.10 Å². The van der Waals surface area contributed by atoms with E-state index < -0.39 is 5.60 Å². The average Bonchev–Trinajstić information content (AvgIpc) is 3.30. The summed E-state index contributed by atoms with van der Waals surface area (Å²) in [6, 6.07) is 8.11. The van der Waals surface area contributed by atoms with Crippen LogP contribution in [0.3, 0.4) is 0 Å². The van der Waals surface area contributed by atoms with E-state index in [1.54, 1.807) is 10.9 Å². The molecule has 1 fully saturated rings. The monoisotopic (exact) mass is 352 g/mol. The van der Waals surface area contributed by atoms with Crippen LogP contribution in [-0.4, -0.2) is 38.1 Å². The summed E-state index contributed by atoms with van der Waals surface area (Å²) in [6.45, 7) is 0.953. The number of hydrogen-bond acceptors (Lipinski definition) is 6. The van der Waals surface area contributed by atoms with Gasteiger partial charge in [0, 0.05) is 53.7 Å². The highest BCUT2D eigenvalue weighted by Crippen LogP contribution is 2.38. The largest absolute Gasteiger partial charge is 0.382 e. The number of aromatic nitrogens is 4. The number of pyridine rings is 2. The van der Waals surface area contributed by atoms with Crippen LogP contribution in [0.2, 0.25) is 0 Å². The Labute approximate surface area is 147 Å². The summed E-state index contributed by atoms with van der Waals surface area (Å²) in [7, 11) is 1.89.